The van der Waals surface area contributed by atoms with E-state index in [1.54, 1.807) is 0 Å². The lowest BCUT2D eigenvalue weighted by atomic mass is 9.65. The Kier molecular flexibility index (Phi) is 6.94. The van der Waals surface area contributed by atoms with Gasteiger partial charge in [-0.25, -0.2) is 0 Å². The third kappa shape index (κ3) is 3.62. The van der Waals surface area contributed by atoms with Gasteiger partial charge in [-0.2, -0.15) is 0 Å². The van der Waals surface area contributed by atoms with Gasteiger partial charge in [0.25, 0.3) is 0 Å². The Balaban J connectivity index is 1.69. The van der Waals surface area contributed by atoms with Crippen LogP contribution in [-0.4, -0.2) is 6.10 Å². The highest BCUT2D eigenvalue weighted by Gasteiger charge is 2.68. The van der Waals surface area contributed by atoms with E-state index in [4.69, 9.17) is 9.47 Å². The van der Waals surface area contributed by atoms with Crippen molar-refractivity contribution in [3.63, 3.8) is 0 Å². The second-order valence-electron chi connectivity index (χ2n) is 12.3. The Morgan fingerprint density at radius 2 is 1.45 bits per heavy atom. The van der Waals surface area contributed by atoms with Gasteiger partial charge in [0.1, 0.15) is 11.2 Å². The molecule has 40 heavy (non-hydrogen) atoms. The number of fused-ring (bicyclic) bond motifs is 7. The summed E-state index contributed by atoms with van der Waals surface area (Å²) < 4.78 is 16.2. The van der Waals surface area contributed by atoms with Crippen molar-refractivity contribution >= 4 is 0 Å². The Morgan fingerprint density at radius 3 is 2.12 bits per heavy atom. The predicted octanol–water partition coefficient (Wildman–Crippen LogP) is 9.31. The molecule has 0 saturated carbocycles. The van der Waals surface area contributed by atoms with Gasteiger partial charge >= 0.3 is 5.91 Å². The molecular formula is C37H46NO2+. The number of unbranched alkanes of at least 4 members (excludes halogenated alkanes) is 2. The van der Waals surface area contributed by atoms with Gasteiger partial charge in [0.05, 0.1) is 11.7 Å². The van der Waals surface area contributed by atoms with Gasteiger partial charge in [-0.3, -0.25) is 4.74 Å². The number of ether oxygens (including phenoxy) is 2. The molecule has 1 spiro atoms. The first-order chi connectivity index (χ1) is 19.4. The zero-order valence-corrected chi connectivity index (χ0v) is 25.3. The van der Waals surface area contributed by atoms with Gasteiger partial charge < -0.3 is 4.74 Å². The smallest absolute Gasteiger partial charge is 0.413 e. The van der Waals surface area contributed by atoms with E-state index in [2.05, 4.69) is 113 Å². The van der Waals surface area contributed by atoms with Gasteiger partial charge in [-0.1, -0.05) is 77.6 Å². The van der Waals surface area contributed by atoms with Crippen molar-refractivity contribution in [3.8, 4) is 22.4 Å². The van der Waals surface area contributed by atoms with Crippen LogP contribution in [0.1, 0.15) is 110 Å². The van der Waals surface area contributed by atoms with Crippen molar-refractivity contribution in [3.05, 3.63) is 89.3 Å². The number of rotatable bonds is 8. The standard InChI is InChI=1S/C37H46NO2/c1-7-11-20-35(21-12-8-2)31-18-14-13-17-28(31)29-24-33-30(25-32(29)35)34-19-15-16-22-38(34)37(36(33,9-3)10-4)39-26(5)23-27(6)40-37/h13-19,22-26H,7-12,20-21H2,1-6H3/q+1. The van der Waals surface area contributed by atoms with E-state index < -0.39 is 5.91 Å². The van der Waals surface area contributed by atoms with Crippen LogP contribution in [0.15, 0.2) is 72.6 Å². The van der Waals surface area contributed by atoms with Gasteiger partial charge in [-0.15, -0.1) is 4.57 Å². The Morgan fingerprint density at radius 1 is 0.775 bits per heavy atom. The summed E-state index contributed by atoms with van der Waals surface area (Å²) in [4.78, 5) is 0. The number of nitrogens with zero attached hydrogens (tertiary/aromatic N) is 1. The van der Waals surface area contributed by atoms with E-state index >= 15 is 0 Å². The van der Waals surface area contributed by atoms with E-state index in [0.29, 0.717) is 0 Å². The maximum Gasteiger partial charge on any atom is 0.444 e. The number of hydrogen-bond donors (Lipinski definition) is 0. The first-order valence-electron chi connectivity index (χ1n) is 15.8. The summed E-state index contributed by atoms with van der Waals surface area (Å²) in [6.07, 6.45) is 13.4. The molecule has 1 aliphatic carbocycles. The number of pyridine rings is 1. The minimum atomic E-state index is -0.938. The first kappa shape index (κ1) is 27.3. The zero-order valence-electron chi connectivity index (χ0n) is 25.3. The maximum atomic E-state index is 6.97. The van der Waals surface area contributed by atoms with Gasteiger partial charge in [-0.05, 0) is 91.6 Å². The van der Waals surface area contributed by atoms with Crippen molar-refractivity contribution in [2.24, 2.45) is 0 Å². The number of allylic oxidation sites excluding steroid dienone is 1. The fourth-order valence-corrected chi connectivity index (χ4v) is 8.33. The summed E-state index contributed by atoms with van der Waals surface area (Å²) in [6, 6.07) is 20.9. The summed E-state index contributed by atoms with van der Waals surface area (Å²) in [5.74, 6) is -0.00733. The topological polar surface area (TPSA) is 22.3 Å². The van der Waals surface area contributed by atoms with Gasteiger partial charge in [0.15, 0.2) is 6.20 Å². The van der Waals surface area contributed by atoms with Crippen molar-refractivity contribution in [2.75, 3.05) is 0 Å². The minimum Gasteiger partial charge on any atom is -0.413 e. The molecule has 1 aromatic heterocycles. The number of hydrogen-bond acceptors (Lipinski definition) is 2. The van der Waals surface area contributed by atoms with Crippen molar-refractivity contribution in [2.45, 2.75) is 116 Å². The molecule has 3 heterocycles. The van der Waals surface area contributed by atoms with Crippen molar-refractivity contribution in [1.82, 2.24) is 0 Å². The Bertz CT molecular complexity index is 1440. The van der Waals surface area contributed by atoms with Crippen LogP contribution in [0.25, 0.3) is 22.4 Å². The van der Waals surface area contributed by atoms with Crippen LogP contribution in [0.2, 0.25) is 0 Å². The summed E-state index contributed by atoms with van der Waals surface area (Å²) in [5.41, 5.74) is 9.48. The first-order valence-corrected chi connectivity index (χ1v) is 15.8. The van der Waals surface area contributed by atoms with Crippen LogP contribution in [0.3, 0.4) is 0 Å². The predicted molar refractivity (Wildman–Crippen MR) is 163 cm³/mol. The highest BCUT2D eigenvalue weighted by Crippen LogP contribution is 2.59. The molecule has 3 aromatic rings. The molecule has 3 nitrogen and oxygen atoms in total. The molecule has 0 amide bonds. The molecular weight excluding hydrogens is 490 g/mol. The lowest BCUT2D eigenvalue weighted by molar-refractivity contribution is -0.865. The summed E-state index contributed by atoms with van der Waals surface area (Å²) in [6.45, 7) is 13.5. The molecule has 2 aliphatic heterocycles. The zero-order chi connectivity index (χ0) is 28.1. The van der Waals surface area contributed by atoms with Gasteiger partial charge in [0.2, 0.25) is 5.69 Å². The van der Waals surface area contributed by atoms with Crippen LogP contribution < -0.4 is 4.57 Å². The highest BCUT2D eigenvalue weighted by molar-refractivity contribution is 5.85. The third-order valence-electron chi connectivity index (χ3n) is 10.2. The summed E-state index contributed by atoms with van der Waals surface area (Å²) >= 11 is 0. The average molecular weight is 537 g/mol. The van der Waals surface area contributed by atoms with E-state index in [0.717, 1.165) is 18.6 Å². The summed E-state index contributed by atoms with van der Waals surface area (Å²) in [5, 5.41) is 0. The molecule has 2 aromatic carbocycles. The fourth-order valence-electron chi connectivity index (χ4n) is 8.33. The molecule has 3 heteroatoms. The van der Waals surface area contributed by atoms with Crippen LogP contribution >= 0.6 is 0 Å². The molecule has 2 atom stereocenters. The lowest BCUT2D eigenvalue weighted by Gasteiger charge is -2.49. The molecule has 0 bridgehead atoms. The monoisotopic (exact) mass is 536 g/mol. The maximum absolute atomic E-state index is 6.97. The highest BCUT2D eigenvalue weighted by atomic mass is 16.7. The van der Waals surface area contributed by atoms with Crippen molar-refractivity contribution in [1.29, 1.82) is 0 Å². The van der Waals surface area contributed by atoms with E-state index in [9.17, 15) is 0 Å². The fraction of sp³-hybridized carbons (Fsp3) is 0.486. The quantitative estimate of drug-likeness (QED) is 0.268. The van der Waals surface area contributed by atoms with Crippen LogP contribution in [-0.2, 0) is 26.2 Å². The third-order valence-corrected chi connectivity index (χ3v) is 10.2. The molecule has 0 N–H and O–H groups in total. The Hall–Kier alpha value is -2.91. The van der Waals surface area contributed by atoms with Crippen molar-refractivity contribution < 1.29 is 14.0 Å². The second kappa shape index (κ2) is 10.2. The molecule has 0 saturated heterocycles. The number of aromatic nitrogens is 1. The molecule has 0 fully saturated rings. The average Bonchev–Trinajstić information content (AvgIpc) is 3.23. The molecule has 210 valence electrons. The van der Waals surface area contributed by atoms with Gasteiger partial charge in [0, 0.05) is 17.5 Å². The molecule has 3 aliphatic rings. The van der Waals surface area contributed by atoms with Crippen LogP contribution in [0.5, 0.6) is 0 Å². The Labute approximate surface area is 241 Å². The van der Waals surface area contributed by atoms with E-state index in [1.807, 2.05) is 0 Å². The normalized spacial score (nSPS) is 23.1. The number of benzene rings is 2. The SMILES string of the molecule is CCCCC1(CCCC)c2ccccc2-c2cc3c(cc21)-c1cccc[n+]1C1(OC(C)=CC(C)O1)C3(CC)CC. The van der Waals surface area contributed by atoms with Crippen LogP contribution in [0, 0.1) is 0 Å². The largest absolute Gasteiger partial charge is 0.444 e. The van der Waals surface area contributed by atoms with E-state index in [-0.39, 0.29) is 16.9 Å². The van der Waals surface area contributed by atoms with Crippen LogP contribution in [0.4, 0.5) is 0 Å². The van der Waals surface area contributed by atoms with E-state index in [1.165, 1.54) is 77.6 Å². The minimum absolute atomic E-state index is 0.0424. The lowest BCUT2D eigenvalue weighted by Crippen LogP contribution is -2.73. The molecule has 0 radical (unpaired) electrons. The molecule has 2 unspecified atom stereocenters. The molecule has 6 rings (SSSR count). The second-order valence-corrected chi connectivity index (χ2v) is 12.3. The summed E-state index contributed by atoms with van der Waals surface area (Å²) in [7, 11) is 0.